The predicted octanol–water partition coefficient (Wildman–Crippen LogP) is 2.19. The lowest BCUT2D eigenvalue weighted by atomic mass is 9.93. The molecule has 3 rings (SSSR count). The van der Waals surface area contributed by atoms with Crippen molar-refractivity contribution in [1.82, 2.24) is 10.3 Å². The van der Waals surface area contributed by atoms with Gasteiger partial charge in [-0.3, -0.25) is 4.99 Å². The van der Waals surface area contributed by atoms with E-state index in [4.69, 9.17) is 4.74 Å². The Balaban J connectivity index is 1.61. The first kappa shape index (κ1) is 12.4. The van der Waals surface area contributed by atoms with Crippen molar-refractivity contribution in [3.63, 3.8) is 0 Å². The van der Waals surface area contributed by atoms with Crippen LogP contribution in [-0.2, 0) is 11.3 Å². The van der Waals surface area contributed by atoms with E-state index in [1.165, 1.54) is 0 Å². The maximum Gasteiger partial charge on any atom is 0.157 e. The topological polar surface area (TPSA) is 46.5 Å². The van der Waals surface area contributed by atoms with Gasteiger partial charge in [-0.25, -0.2) is 4.98 Å². The Kier molecular flexibility index (Phi) is 3.59. The van der Waals surface area contributed by atoms with E-state index in [0.717, 1.165) is 47.7 Å². The summed E-state index contributed by atoms with van der Waals surface area (Å²) in [5.41, 5.74) is 1.31. The molecule has 0 radical (unpaired) electrons. The number of nitrogens with one attached hydrogen (secondary N) is 1. The summed E-state index contributed by atoms with van der Waals surface area (Å²) < 4.78 is 5.43. The second-order valence-electron chi connectivity index (χ2n) is 4.79. The van der Waals surface area contributed by atoms with Gasteiger partial charge < -0.3 is 10.1 Å². The fourth-order valence-corrected chi connectivity index (χ4v) is 4.08. The molecule has 2 saturated heterocycles. The van der Waals surface area contributed by atoms with E-state index in [2.05, 4.69) is 20.7 Å². The highest BCUT2D eigenvalue weighted by atomic mass is 32.2. The van der Waals surface area contributed by atoms with E-state index >= 15 is 0 Å². The number of aryl methyl sites for hydroxylation is 1. The second-order valence-corrected chi connectivity index (χ2v) is 6.81. The van der Waals surface area contributed by atoms with Crippen LogP contribution in [0.5, 0.6) is 0 Å². The van der Waals surface area contributed by atoms with Gasteiger partial charge in [0.1, 0.15) is 0 Å². The molecule has 1 spiro atoms. The first-order valence-corrected chi connectivity index (χ1v) is 8.07. The quantitative estimate of drug-likeness (QED) is 0.904. The van der Waals surface area contributed by atoms with Gasteiger partial charge in [0.15, 0.2) is 5.17 Å². The van der Waals surface area contributed by atoms with Crippen molar-refractivity contribution in [3.8, 4) is 0 Å². The van der Waals surface area contributed by atoms with E-state index in [9.17, 15) is 0 Å². The largest absolute Gasteiger partial charge is 0.381 e. The summed E-state index contributed by atoms with van der Waals surface area (Å²) in [4.78, 5) is 9.06. The van der Waals surface area contributed by atoms with Crippen molar-refractivity contribution in [2.45, 2.75) is 31.8 Å². The molecule has 1 N–H and O–H groups in total. The van der Waals surface area contributed by atoms with Gasteiger partial charge >= 0.3 is 0 Å². The minimum atomic E-state index is 0.236. The Labute approximate surface area is 115 Å². The molecule has 0 bridgehead atoms. The van der Waals surface area contributed by atoms with E-state index in [1.807, 2.05) is 18.7 Å². The minimum absolute atomic E-state index is 0.236. The van der Waals surface area contributed by atoms with Crippen molar-refractivity contribution in [3.05, 3.63) is 16.1 Å². The van der Waals surface area contributed by atoms with Crippen LogP contribution in [0.2, 0.25) is 0 Å². The molecule has 2 fully saturated rings. The van der Waals surface area contributed by atoms with Gasteiger partial charge in [-0.2, -0.15) is 0 Å². The molecule has 0 saturated carbocycles. The molecule has 2 aliphatic heterocycles. The number of aliphatic imine (C=N–C) groups is 1. The summed E-state index contributed by atoms with van der Waals surface area (Å²) in [5, 5.41) is 7.86. The van der Waals surface area contributed by atoms with Gasteiger partial charge in [0.25, 0.3) is 0 Å². The molecule has 0 aliphatic carbocycles. The number of hydrogen-bond acceptors (Lipinski definition) is 5. The first-order chi connectivity index (χ1) is 8.76. The smallest absolute Gasteiger partial charge is 0.157 e. The summed E-state index contributed by atoms with van der Waals surface area (Å²) in [6.45, 7) is 4.45. The number of aromatic nitrogens is 1. The molecule has 1 aromatic rings. The Morgan fingerprint density at radius 2 is 2.33 bits per heavy atom. The second kappa shape index (κ2) is 5.19. The molecular formula is C12H17N3OS2. The monoisotopic (exact) mass is 283 g/mol. The maximum atomic E-state index is 5.43. The average molecular weight is 283 g/mol. The fourth-order valence-electron chi connectivity index (χ4n) is 2.26. The fraction of sp³-hybridized carbons (Fsp3) is 0.667. The van der Waals surface area contributed by atoms with Crippen LogP contribution in [0.15, 0.2) is 10.4 Å². The minimum Gasteiger partial charge on any atom is -0.381 e. The van der Waals surface area contributed by atoms with Gasteiger partial charge in [-0.1, -0.05) is 11.8 Å². The zero-order chi connectivity index (χ0) is 12.4. The standard InChI is InChI=1S/C12H17N3OS2/c1-9-14-10(7-17-9)6-13-11-15-12(8-18-11)2-4-16-5-3-12/h7H,2-6,8H2,1H3,(H,13,15). The molecule has 0 amide bonds. The van der Waals surface area contributed by atoms with Crippen molar-refractivity contribution in [2.24, 2.45) is 4.99 Å². The number of nitrogens with zero attached hydrogens (tertiary/aromatic N) is 2. The zero-order valence-electron chi connectivity index (χ0n) is 10.4. The van der Waals surface area contributed by atoms with Crippen LogP contribution >= 0.6 is 23.1 Å². The lowest BCUT2D eigenvalue weighted by molar-refractivity contribution is 0.0555. The predicted molar refractivity (Wildman–Crippen MR) is 76.4 cm³/mol. The van der Waals surface area contributed by atoms with Gasteiger partial charge in [-0.15, -0.1) is 11.3 Å². The van der Waals surface area contributed by atoms with Crippen molar-refractivity contribution in [2.75, 3.05) is 19.0 Å². The number of hydrogen-bond donors (Lipinski definition) is 1. The molecule has 1 aromatic heterocycles. The van der Waals surface area contributed by atoms with E-state index in [0.29, 0.717) is 6.54 Å². The Hall–Kier alpha value is -0.590. The van der Waals surface area contributed by atoms with Gasteiger partial charge in [0.05, 0.1) is 22.8 Å². The summed E-state index contributed by atoms with van der Waals surface area (Å²) >= 11 is 3.52. The molecule has 18 heavy (non-hydrogen) atoms. The summed E-state index contributed by atoms with van der Waals surface area (Å²) in [5.74, 6) is 1.12. The molecule has 0 unspecified atom stereocenters. The highest BCUT2D eigenvalue weighted by Gasteiger charge is 2.38. The third-order valence-electron chi connectivity index (χ3n) is 3.36. The van der Waals surface area contributed by atoms with Crippen LogP contribution in [0.3, 0.4) is 0 Å². The maximum absolute atomic E-state index is 5.43. The van der Waals surface area contributed by atoms with Crippen molar-refractivity contribution >= 4 is 28.3 Å². The number of thiazole rings is 1. The molecule has 3 heterocycles. The zero-order valence-corrected chi connectivity index (χ0v) is 12.1. The molecule has 0 aromatic carbocycles. The van der Waals surface area contributed by atoms with E-state index in [-0.39, 0.29) is 5.54 Å². The van der Waals surface area contributed by atoms with Crippen molar-refractivity contribution < 1.29 is 4.74 Å². The number of thioether (sulfide) groups is 1. The summed E-state index contributed by atoms with van der Waals surface area (Å²) in [6.07, 6.45) is 2.18. The Morgan fingerprint density at radius 1 is 1.50 bits per heavy atom. The van der Waals surface area contributed by atoms with Crippen LogP contribution in [0.25, 0.3) is 0 Å². The van der Waals surface area contributed by atoms with Gasteiger partial charge in [0.2, 0.25) is 0 Å². The van der Waals surface area contributed by atoms with Crippen LogP contribution in [0, 0.1) is 6.92 Å². The van der Waals surface area contributed by atoms with Crippen LogP contribution < -0.4 is 5.32 Å². The Bertz CT molecular complexity index is 452. The third-order valence-corrected chi connectivity index (χ3v) is 5.38. The molecule has 4 nitrogen and oxygen atoms in total. The average Bonchev–Trinajstić information content (AvgIpc) is 2.96. The van der Waals surface area contributed by atoms with E-state index < -0.39 is 0 Å². The highest BCUT2D eigenvalue weighted by molar-refractivity contribution is 8.14. The lowest BCUT2D eigenvalue weighted by Crippen LogP contribution is -2.48. The number of rotatable bonds is 2. The number of ether oxygens (including phenoxy) is 1. The van der Waals surface area contributed by atoms with Crippen LogP contribution in [0.1, 0.15) is 23.5 Å². The van der Waals surface area contributed by atoms with Crippen LogP contribution in [0.4, 0.5) is 0 Å². The van der Waals surface area contributed by atoms with Crippen LogP contribution in [-0.4, -0.2) is 34.7 Å². The number of amidine groups is 1. The Morgan fingerprint density at radius 3 is 3.06 bits per heavy atom. The van der Waals surface area contributed by atoms with Gasteiger partial charge in [0, 0.05) is 24.3 Å². The summed E-state index contributed by atoms with van der Waals surface area (Å²) in [6, 6.07) is 0. The lowest BCUT2D eigenvalue weighted by Gasteiger charge is -2.32. The molecular weight excluding hydrogens is 266 g/mol. The highest BCUT2D eigenvalue weighted by Crippen LogP contribution is 2.31. The summed E-state index contributed by atoms with van der Waals surface area (Å²) in [7, 11) is 0. The molecule has 0 atom stereocenters. The third kappa shape index (κ3) is 2.70. The normalized spacial score (nSPS) is 24.6. The van der Waals surface area contributed by atoms with E-state index in [1.54, 1.807) is 11.3 Å². The SMILES string of the molecule is Cc1nc(CN=C2NC3(CCOCC3)CS2)cs1. The molecule has 2 aliphatic rings. The van der Waals surface area contributed by atoms with Gasteiger partial charge in [-0.05, 0) is 19.8 Å². The molecule has 98 valence electrons. The van der Waals surface area contributed by atoms with Crippen molar-refractivity contribution in [1.29, 1.82) is 0 Å². The first-order valence-electron chi connectivity index (χ1n) is 6.20. The molecule has 6 heteroatoms.